The lowest BCUT2D eigenvalue weighted by Crippen LogP contribution is -2.34. The minimum absolute atomic E-state index is 0.294. The quantitative estimate of drug-likeness (QED) is 0.809. The van der Waals surface area contributed by atoms with Crippen LogP contribution in [0.25, 0.3) is 0 Å². The highest BCUT2D eigenvalue weighted by Crippen LogP contribution is 2.30. The van der Waals surface area contributed by atoms with Crippen LogP contribution in [-0.4, -0.2) is 43.1 Å². The van der Waals surface area contributed by atoms with Gasteiger partial charge in [0.1, 0.15) is 5.75 Å². The van der Waals surface area contributed by atoms with E-state index in [1.807, 2.05) is 13.0 Å². The molecular formula is C16H20N4O4S2. The molecule has 1 aromatic heterocycles. The number of nitrogens with zero attached hydrogens (tertiary/aromatic N) is 2. The molecule has 10 heteroatoms. The number of rotatable bonds is 5. The number of anilines is 2. The Labute approximate surface area is 156 Å². The molecule has 2 aromatic rings. The average molecular weight is 396 g/mol. The lowest BCUT2D eigenvalue weighted by molar-refractivity contribution is 0.262. The van der Waals surface area contributed by atoms with Crippen LogP contribution in [-0.2, 0) is 23.0 Å². The molecule has 140 valence electrons. The SMILES string of the molecule is CCOc1ccccc1NC(=O)Nc1nc2c(s1)CN(S(C)(=O)=O)CC2. The third kappa shape index (κ3) is 4.32. The summed E-state index contributed by atoms with van der Waals surface area (Å²) in [6.07, 6.45) is 1.73. The number of benzene rings is 1. The van der Waals surface area contributed by atoms with Gasteiger partial charge in [0, 0.05) is 24.4 Å². The zero-order valence-electron chi connectivity index (χ0n) is 14.5. The maximum atomic E-state index is 12.3. The maximum Gasteiger partial charge on any atom is 0.325 e. The Morgan fingerprint density at radius 2 is 2.12 bits per heavy atom. The fourth-order valence-corrected chi connectivity index (χ4v) is 4.50. The van der Waals surface area contributed by atoms with E-state index in [9.17, 15) is 13.2 Å². The fraction of sp³-hybridized carbons (Fsp3) is 0.375. The van der Waals surface area contributed by atoms with Crippen LogP contribution in [0.2, 0.25) is 0 Å². The van der Waals surface area contributed by atoms with E-state index in [0.29, 0.717) is 42.7 Å². The summed E-state index contributed by atoms with van der Waals surface area (Å²) in [6.45, 7) is 3.07. The van der Waals surface area contributed by atoms with E-state index in [1.165, 1.54) is 21.9 Å². The summed E-state index contributed by atoms with van der Waals surface area (Å²) in [7, 11) is -3.23. The standard InChI is InChI=1S/C16H20N4O4S2/c1-3-24-13-7-5-4-6-11(13)17-15(21)19-16-18-12-8-9-20(26(2,22)23)10-14(12)25-16/h4-7H,3,8-10H2,1-2H3,(H2,17,18,19,21). The summed E-state index contributed by atoms with van der Waals surface area (Å²) < 4.78 is 30.3. The Kier molecular flexibility index (Phi) is 5.44. The van der Waals surface area contributed by atoms with E-state index in [1.54, 1.807) is 18.2 Å². The van der Waals surface area contributed by atoms with Crippen LogP contribution in [0.5, 0.6) is 5.75 Å². The molecule has 2 N–H and O–H groups in total. The molecule has 26 heavy (non-hydrogen) atoms. The number of thiazole rings is 1. The molecule has 0 unspecified atom stereocenters. The van der Waals surface area contributed by atoms with Gasteiger partial charge in [-0.05, 0) is 19.1 Å². The number of sulfonamides is 1. The summed E-state index contributed by atoms with van der Waals surface area (Å²) in [5.74, 6) is 0.590. The van der Waals surface area contributed by atoms with Gasteiger partial charge >= 0.3 is 6.03 Å². The molecule has 0 saturated heterocycles. The van der Waals surface area contributed by atoms with E-state index >= 15 is 0 Å². The number of hydrogen-bond donors (Lipinski definition) is 2. The molecule has 0 aliphatic carbocycles. The smallest absolute Gasteiger partial charge is 0.325 e. The Balaban J connectivity index is 1.67. The van der Waals surface area contributed by atoms with Crippen molar-refractivity contribution in [2.24, 2.45) is 0 Å². The van der Waals surface area contributed by atoms with E-state index < -0.39 is 16.1 Å². The number of aromatic nitrogens is 1. The molecule has 1 aliphatic rings. The first-order valence-electron chi connectivity index (χ1n) is 8.10. The van der Waals surface area contributed by atoms with Gasteiger partial charge in [0.05, 0.1) is 24.2 Å². The van der Waals surface area contributed by atoms with Crippen molar-refractivity contribution in [1.82, 2.24) is 9.29 Å². The van der Waals surface area contributed by atoms with E-state index in [-0.39, 0.29) is 0 Å². The molecule has 0 fully saturated rings. The van der Waals surface area contributed by atoms with Crippen LogP contribution in [0.1, 0.15) is 17.5 Å². The highest BCUT2D eigenvalue weighted by atomic mass is 32.2. The summed E-state index contributed by atoms with van der Waals surface area (Å²) in [4.78, 5) is 17.5. The summed E-state index contributed by atoms with van der Waals surface area (Å²) in [5.41, 5.74) is 1.40. The summed E-state index contributed by atoms with van der Waals surface area (Å²) >= 11 is 1.29. The fourth-order valence-electron chi connectivity index (χ4n) is 2.61. The van der Waals surface area contributed by atoms with Crippen molar-refractivity contribution in [2.75, 3.05) is 30.0 Å². The second-order valence-corrected chi connectivity index (χ2v) is 8.81. The lowest BCUT2D eigenvalue weighted by Gasteiger charge is -2.23. The largest absolute Gasteiger partial charge is 0.492 e. The maximum absolute atomic E-state index is 12.3. The molecule has 2 heterocycles. The number of fused-ring (bicyclic) bond motifs is 1. The Bertz CT molecular complexity index is 911. The van der Waals surface area contributed by atoms with Gasteiger partial charge in [0.2, 0.25) is 10.0 Å². The zero-order chi connectivity index (χ0) is 18.7. The van der Waals surface area contributed by atoms with Gasteiger partial charge in [-0.15, -0.1) is 0 Å². The highest BCUT2D eigenvalue weighted by molar-refractivity contribution is 7.88. The first-order chi connectivity index (χ1) is 12.4. The first kappa shape index (κ1) is 18.6. The number of carbonyl (C=O) groups is 1. The monoisotopic (exact) mass is 396 g/mol. The molecule has 8 nitrogen and oxygen atoms in total. The summed E-state index contributed by atoms with van der Waals surface area (Å²) in [6, 6.07) is 6.74. The summed E-state index contributed by atoms with van der Waals surface area (Å²) in [5, 5.41) is 5.89. The van der Waals surface area contributed by atoms with Crippen molar-refractivity contribution in [1.29, 1.82) is 0 Å². The van der Waals surface area contributed by atoms with Crippen molar-refractivity contribution in [3.8, 4) is 5.75 Å². The van der Waals surface area contributed by atoms with Crippen molar-refractivity contribution < 1.29 is 17.9 Å². The molecule has 1 aliphatic heterocycles. The number of para-hydroxylation sites is 2. The molecule has 2 amide bonds. The Morgan fingerprint density at radius 3 is 2.85 bits per heavy atom. The van der Waals surface area contributed by atoms with Gasteiger partial charge in [-0.3, -0.25) is 5.32 Å². The van der Waals surface area contributed by atoms with Crippen molar-refractivity contribution in [3.63, 3.8) is 0 Å². The lowest BCUT2D eigenvalue weighted by atomic mass is 10.2. The Hall–Kier alpha value is -2.17. The van der Waals surface area contributed by atoms with Gasteiger partial charge in [0.25, 0.3) is 0 Å². The molecule has 0 atom stereocenters. The average Bonchev–Trinajstić information content (AvgIpc) is 2.97. The van der Waals surface area contributed by atoms with Crippen molar-refractivity contribution >= 4 is 38.2 Å². The Morgan fingerprint density at radius 1 is 1.35 bits per heavy atom. The van der Waals surface area contributed by atoms with Crippen molar-refractivity contribution in [3.05, 3.63) is 34.8 Å². The number of urea groups is 1. The number of amides is 2. The van der Waals surface area contributed by atoms with Crippen LogP contribution in [0.4, 0.5) is 15.6 Å². The van der Waals surface area contributed by atoms with E-state index in [2.05, 4.69) is 15.6 Å². The molecule has 0 radical (unpaired) electrons. The van der Waals surface area contributed by atoms with Crippen LogP contribution in [0, 0.1) is 0 Å². The van der Waals surface area contributed by atoms with Crippen LogP contribution in [0.3, 0.4) is 0 Å². The predicted molar refractivity (Wildman–Crippen MR) is 101 cm³/mol. The van der Waals surface area contributed by atoms with E-state index in [0.717, 1.165) is 10.6 Å². The number of carbonyl (C=O) groups excluding carboxylic acids is 1. The number of hydrogen-bond acceptors (Lipinski definition) is 6. The normalized spacial score (nSPS) is 14.5. The van der Waals surface area contributed by atoms with Gasteiger partial charge < -0.3 is 10.1 Å². The van der Waals surface area contributed by atoms with E-state index in [4.69, 9.17) is 4.74 Å². The highest BCUT2D eigenvalue weighted by Gasteiger charge is 2.26. The van der Waals surface area contributed by atoms with Gasteiger partial charge in [-0.25, -0.2) is 18.2 Å². The second kappa shape index (κ2) is 7.60. The minimum Gasteiger partial charge on any atom is -0.492 e. The van der Waals surface area contributed by atoms with Gasteiger partial charge in [-0.1, -0.05) is 23.5 Å². The predicted octanol–water partition coefficient (Wildman–Crippen LogP) is 2.50. The molecule has 3 rings (SSSR count). The molecule has 0 saturated carbocycles. The van der Waals surface area contributed by atoms with Crippen molar-refractivity contribution in [2.45, 2.75) is 19.9 Å². The van der Waals surface area contributed by atoms with Gasteiger partial charge in [-0.2, -0.15) is 4.31 Å². The third-order valence-electron chi connectivity index (χ3n) is 3.82. The number of nitrogens with one attached hydrogen (secondary N) is 2. The second-order valence-electron chi connectivity index (χ2n) is 5.74. The molecular weight excluding hydrogens is 376 g/mol. The minimum atomic E-state index is -3.23. The van der Waals surface area contributed by atoms with Crippen LogP contribution < -0.4 is 15.4 Å². The third-order valence-corrected chi connectivity index (χ3v) is 6.07. The molecule has 0 bridgehead atoms. The molecule has 0 spiro atoms. The molecule has 1 aromatic carbocycles. The van der Waals surface area contributed by atoms with Crippen LogP contribution >= 0.6 is 11.3 Å². The topological polar surface area (TPSA) is 101 Å². The zero-order valence-corrected chi connectivity index (χ0v) is 16.1. The van der Waals surface area contributed by atoms with Gasteiger partial charge in [0.15, 0.2) is 5.13 Å². The first-order valence-corrected chi connectivity index (χ1v) is 10.8. The van der Waals surface area contributed by atoms with Crippen LogP contribution in [0.15, 0.2) is 24.3 Å². The number of ether oxygens (including phenoxy) is 1.